The highest BCUT2D eigenvalue weighted by atomic mass is 35.5. The van der Waals surface area contributed by atoms with E-state index in [0.717, 1.165) is 0 Å². The summed E-state index contributed by atoms with van der Waals surface area (Å²) in [6.07, 6.45) is -4.75. The number of hydrogen-bond donors (Lipinski definition) is 0. The van der Waals surface area contributed by atoms with E-state index in [-0.39, 0.29) is 0 Å². The molecule has 0 heterocycles. The molecule has 0 radical (unpaired) electrons. The molecule has 1 aromatic rings. The molecular formula is C9H4ClF3N2O2. The summed E-state index contributed by atoms with van der Waals surface area (Å²) < 4.78 is 37.6. The molecule has 0 aromatic heterocycles. The molecule has 0 bridgehead atoms. The van der Waals surface area contributed by atoms with Crippen molar-refractivity contribution >= 4 is 17.3 Å². The van der Waals surface area contributed by atoms with Gasteiger partial charge in [0.2, 0.25) is 0 Å². The number of nitrogens with zero attached hydrogens (tertiary/aromatic N) is 2. The van der Waals surface area contributed by atoms with E-state index in [1.807, 2.05) is 0 Å². The van der Waals surface area contributed by atoms with Gasteiger partial charge in [0.25, 0.3) is 5.69 Å². The Hall–Kier alpha value is -1.81. The second-order valence-electron chi connectivity index (χ2n) is 2.99. The minimum Gasteiger partial charge on any atom is -0.258 e. The third kappa shape index (κ3) is 2.47. The highest BCUT2D eigenvalue weighted by Crippen LogP contribution is 2.36. The van der Waals surface area contributed by atoms with Crippen molar-refractivity contribution < 1.29 is 18.1 Å². The number of nitro benzene ring substituents is 1. The Balaban J connectivity index is 3.62. The van der Waals surface area contributed by atoms with E-state index in [4.69, 9.17) is 16.9 Å². The number of nitriles is 1. The fraction of sp³-hybridized carbons (Fsp3) is 0.222. The van der Waals surface area contributed by atoms with Gasteiger partial charge in [-0.05, 0) is 6.07 Å². The van der Waals surface area contributed by atoms with Crippen molar-refractivity contribution in [2.45, 2.75) is 12.1 Å². The number of rotatable bonds is 2. The Morgan fingerprint density at radius 1 is 1.47 bits per heavy atom. The van der Waals surface area contributed by atoms with Gasteiger partial charge in [0.05, 0.1) is 27.5 Å². The molecule has 0 N–H and O–H groups in total. The summed E-state index contributed by atoms with van der Waals surface area (Å²) in [5, 5.41) is 19.2. The molecule has 0 saturated heterocycles. The van der Waals surface area contributed by atoms with E-state index in [1.54, 1.807) is 0 Å². The smallest absolute Gasteiger partial charge is 0.258 e. The molecule has 0 fully saturated rings. The zero-order valence-corrected chi connectivity index (χ0v) is 8.84. The van der Waals surface area contributed by atoms with E-state index < -0.39 is 39.4 Å². The second-order valence-corrected chi connectivity index (χ2v) is 3.25. The molecule has 1 rings (SSSR count). The van der Waals surface area contributed by atoms with Gasteiger partial charge in [0.15, 0.2) is 0 Å². The molecule has 0 saturated carbocycles. The summed E-state index contributed by atoms with van der Waals surface area (Å²) in [5.41, 5.74) is -3.04. The van der Waals surface area contributed by atoms with Crippen molar-refractivity contribution in [3.8, 4) is 6.07 Å². The van der Waals surface area contributed by atoms with Crippen LogP contribution in [0.2, 0.25) is 0 Å². The maximum absolute atomic E-state index is 12.5. The minimum absolute atomic E-state index is 0.422. The fourth-order valence-corrected chi connectivity index (χ4v) is 1.58. The molecule has 17 heavy (non-hydrogen) atoms. The lowest BCUT2D eigenvalue weighted by atomic mass is 10.0. The van der Waals surface area contributed by atoms with Crippen molar-refractivity contribution in [2.75, 3.05) is 0 Å². The second kappa shape index (κ2) is 4.59. The Morgan fingerprint density at radius 3 is 2.41 bits per heavy atom. The summed E-state index contributed by atoms with van der Waals surface area (Å²) in [7, 11) is 0. The van der Waals surface area contributed by atoms with Crippen LogP contribution in [0.25, 0.3) is 0 Å². The summed E-state index contributed by atoms with van der Waals surface area (Å²) >= 11 is 5.36. The van der Waals surface area contributed by atoms with Crippen molar-refractivity contribution in [2.24, 2.45) is 0 Å². The van der Waals surface area contributed by atoms with Gasteiger partial charge in [-0.3, -0.25) is 10.1 Å². The summed E-state index contributed by atoms with van der Waals surface area (Å²) in [4.78, 5) is 9.69. The van der Waals surface area contributed by atoms with Gasteiger partial charge >= 0.3 is 6.18 Å². The largest absolute Gasteiger partial charge is 0.417 e. The maximum Gasteiger partial charge on any atom is 0.417 e. The van der Waals surface area contributed by atoms with Crippen LogP contribution >= 0.6 is 11.6 Å². The molecule has 0 unspecified atom stereocenters. The summed E-state index contributed by atoms with van der Waals surface area (Å²) in [6.45, 7) is 0. The van der Waals surface area contributed by atoms with Gasteiger partial charge in [-0.1, -0.05) is 0 Å². The van der Waals surface area contributed by atoms with Gasteiger partial charge in [0, 0.05) is 6.07 Å². The standard InChI is InChI=1S/C9H4ClF3N2O2/c10-3-5-6(4-14)7(9(11,12)13)1-2-8(5)15(16)17/h1-2H,3H2. The molecule has 1 aromatic carbocycles. The lowest BCUT2D eigenvalue weighted by Gasteiger charge is -2.11. The predicted molar refractivity (Wildman–Crippen MR) is 52.4 cm³/mol. The topological polar surface area (TPSA) is 66.9 Å². The number of halogens is 4. The highest BCUT2D eigenvalue weighted by Gasteiger charge is 2.36. The summed E-state index contributed by atoms with van der Waals surface area (Å²) in [6, 6.07) is 2.51. The molecule has 0 aliphatic heterocycles. The van der Waals surface area contributed by atoms with E-state index in [0.29, 0.717) is 12.1 Å². The number of nitro groups is 1. The van der Waals surface area contributed by atoms with Crippen LogP contribution in [0.5, 0.6) is 0 Å². The van der Waals surface area contributed by atoms with Crippen molar-refractivity contribution in [1.29, 1.82) is 5.26 Å². The number of hydrogen-bond acceptors (Lipinski definition) is 3. The van der Waals surface area contributed by atoms with E-state index in [9.17, 15) is 23.3 Å². The Kier molecular flexibility index (Phi) is 3.58. The molecule has 0 aliphatic rings. The van der Waals surface area contributed by atoms with Crippen LogP contribution < -0.4 is 0 Å². The third-order valence-corrected chi connectivity index (χ3v) is 2.30. The van der Waals surface area contributed by atoms with Crippen LogP contribution in [-0.2, 0) is 12.1 Å². The molecular weight excluding hydrogens is 261 g/mol. The highest BCUT2D eigenvalue weighted by molar-refractivity contribution is 6.17. The van der Waals surface area contributed by atoms with Gasteiger partial charge in [-0.2, -0.15) is 18.4 Å². The van der Waals surface area contributed by atoms with E-state index in [2.05, 4.69) is 0 Å². The van der Waals surface area contributed by atoms with E-state index in [1.165, 1.54) is 6.07 Å². The number of alkyl halides is 4. The maximum atomic E-state index is 12.5. The van der Waals surface area contributed by atoms with Gasteiger partial charge in [0.1, 0.15) is 6.07 Å². The summed E-state index contributed by atoms with van der Waals surface area (Å²) in [5.74, 6) is -0.539. The first-order chi connectivity index (χ1) is 7.82. The minimum atomic E-state index is -4.75. The van der Waals surface area contributed by atoms with Gasteiger partial charge in [-0.15, -0.1) is 11.6 Å². The average Bonchev–Trinajstić information content (AvgIpc) is 2.25. The molecule has 0 aliphatic carbocycles. The van der Waals surface area contributed by atoms with Crippen LogP contribution in [0.1, 0.15) is 16.7 Å². The molecule has 0 amide bonds. The van der Waals surface area contributed by atoms with Gasteiger partial charge < -0.3 is 0 Å². The quantitative estimate of drug-likeness (QED) is 0.468. The predicted octanol–water partition coefficient (Wildman–Crippen LogP) is 3.22. The molecule has 4 nitrogen and oxygen atoms in total. The fourth-order valence-electron chi connectivity index (χ4n) is 1.31. The van der Waals surface area contributed by atoms with Crippen LogP contribution in [0.15, 0.2) is 12.1 Å². The Bertz CT molecular complexity index is 508. The first kappa shape index (κ1) is 13.3. The van der Waals surface area contributed by atoms with E-state index >= 15 is 0 Å². The molecule has 0 spiro atoms. The average molecular weight is 265 g/mol. The van der Waals surface area contributed by atoms with Crippen molar-refractivity contribution in [3.63, 3.8) is 0 Å². The Labute approximate surface area is 98.4 Å². The molecule has 90 valence electrons. The lowest BCUT2D eigenvalue weighted by molar-refractivity contribution is -0.385. The zero-order chi connectivity index (χ0) is 13.2. The Morgan fingerprint density at radius 2 is 2.06 bits per heavy atom. The first-order valence-electron chi connectivity index (χ1n) is 4.16. The van der Waals surface area contributed by atoms with Crippen LogP contribution in [-0.4, -0.2) is 4.92 Å². The third-order valence-electron chi connectivity index (χ3n) is 2.04. The zero-order valence-electron chi connectivity index (χ0n) is 8.08. The SMILES string of the molecule is N#Cc1c(C(F)(F)F)ccc([N+](=O)[O-])c1CCl. The molecule has 0 atom stereocenters. The van der Waals surface area contributed by atoms with Gasteiger partial charge in [-0.25, -0.2) is 0 Å². The first-order valence-corrected chi connectivity index (χ1v) is 4.70. The normalized spacial score (nSPS) is 11.0. The van der Waals surface area contributed by atoms with Crippen LogP contribution in [0, 0.1) is 21.4 Å². The van der Waals surface area contributed by atoms with Crippen molar-refractivity contribution in [3.05, 3.63) is 38.9 Å². The lowest BCUT2D eigenvalue weighted by Crippen LogP contribution is -2.10. The number of benzene rings is 1. The molecule has 8 heteroatoms. The van der Waals surface area contributed by atoms with Crippen LogP contribution in [0.3, 0.4) is 0 Å². The van der Waals surface area contributed by atoms with Crippen molar-refractivity contribution in [1.82, 2.24) is 0 Å². The van der Waals surface area contributed by atoms with Crippen LogP contribution in [0.4, 0.5) is 18.9 Å². The monoisotopic (exact) mass is 264 g/mol.